The molecule has 1 aliphatic rings. The molecule has 0 bridgehead atoms. The first-order valence-corrected chi connectivity index (χ1v) is 10.6. The van der Waals surface area contributed by atoms with Gasteiger partial charge < -0.3 is 0 Å². The molecule has 0 unspecified atom stereocenters. The SMILES string of the molecule is CC(C)(c1[c-]c2c(cc1)C(C)(C)c1ccc(-c3ccccn3)nc1-2)c1[c-]cc(F)cc1F.[Pt+2]. The molecule has 33 heavy (non-hydrogen) atoms. The Balaban J connectivity index is 0.00000259. The van der Waals surface area contributed by atoms with Gasteiger partial charge in [-0.2, -0.15) is 6.07 Å². The van der Waals surface area contributed by atoms with Crippen molar-refractivity contribution in [1.82, 2.24) is 9.97 Å². The molecule has 0 spiro atoms. The summed E-state index contributed by atoms with van der Waals surface area (Å²) in [4.78, 5) is 9.39. The van der Waals surface area contributed by atoms with Crippen LogP contribution in [0.5, 0.6) is 0 Å². The maximum absolute atomic E-state index is 14.6. The molecular formula is C28H22F2N2Pt. The van der Waals surface area contributed by atoms with E-state index in [2.05, 4.69) is 43.1 Å². The van der Waals surface area contributed by atoms with Crippen molar-refractivity contribution in [2.24, 2.45) is 0 Å². The molecule has 1 aliphatic carbocycles. The summed E-state index contributed by atoms with van der Waals surface area (Å²) in [7, 11) is 0. The summed E-state index contributed by atoms with van der Waals surface area (Å²) in [5, 5.41) is 0. The van der Waals surface area contributed by atoms with Gasteiger partial charge in [-0.05, 0) is 34.7 Å². The zero-order valence-electron chi connectivity index (χ0n) is 18.7. The van der Waals surface area contributed by atoms with Gasteiger partial charge in [-0.1, -0.05) is 45.4 Å². The number of halogens is 2. The summed E-state index contributed by atoms with van der Waals surface area (Å²) in [6.07, 6.45) is 1.75. The van der Waals surface area contributed by atoms with Crippen LogP contribution in [-0.2, 0) is 31.9 Å². The molecule has 2 heterocycles. The van der Waals surface area contributed by atoms with Gasteiger partial charge in [0.2, 0.25) is 0 Å². The van der Waals surface area contributed by atoms with E-state index >= 15 is 0 Å². The second kappa shape index (κ2) is 8.25. The Bertz CT molecular complexity index is 1350. The van der Waals surface area contributed by atoms with E-state index in [0.29, 0.717) is 5.56 Å². The predicted molar refractivity (Wildman–Crippen MR) is 121 cm³/mol. The van der Waals surface area contributed by atoms with Crippen LogP contribution in [0.15, 0.2) is 60.8 Å². The van der Waals surface area contributed by atoms with Gasteiger partial charge in [0.1, 0.15) is 0 Å². The Kier molecular flexibility index (Phi) is 5.86. The Morgan fingerprint density at radius 3 is 2.39 bits per heavy atom. The van der Waals surface area contributed by atoms with Crippen molar-refractivity contribution in [1.29, 1.82) is 0 Å². The summed E-state index contributed by atoms with van der Waals surface area (Å²) in [6, 6.07) is 22.3. The predicted octanol–water partition coefficient (Wildman–Crippen LogP) is 6.65. The van der Waals surface area contributed by atoms with E-state index in [1.165, 1.54) is 6.07 Å². The first kappa shape index (κ1) is 23.4. The molecule has 0 radical (unpaired) electrons. The van der Waals surface area contributed by atoms with Crippen LogP contribution in [0.1, 0.15) is 49.9 Å². The Morgan fingerprint density at radius 2 is 1.70 bits per heavy atom. The van der Waals surface area contributed by atoms with Gasteiger partial charge in [0.15, 0.2) is 0 Å². The molecule has 0 fully saturated rings. The third kappa shape index (κ3) is 3.75. The fourth-order valence-corrected chi connectivity index (χ4v) is 4.58. The van der Waals surface area contributed by atoms with Crippen LogP contribution in [0.3, 0.4) is 0 Å². The Hall–Kier alpha value is -2.71. The fraction of sp³-hybridized carbons (Fsp3) is 0.214. The Morgan fingerprint density at radius 1 is 0.939 bits per heavy atom. The van der Waals surface area contributed by atoms with Gasteiger partial charge in [-0.3, -0.25) is 18.7 Å². The van der Waals surface area contributed by atoms with Crippen LogP contribution in [-0.4, -0.2) is 9.97 Å². The molecule has 0 saturated heterocycles. The summed E-state index contributed by atoms with van der Waals surface area (Å²) >= 11 is 0. The number of hydrogen-bond acceptors (Lipinski definition) is 2. The minimum atomic E-state index is -0.752. The quantitative estimate of drug-likeness (QED) is 0.240. The molecule has 2 nitrogen and oxygen atoms in total. The summed E-state index contributed by atoms with van der Waals surface area (Å²) in [5.74, 6) is -1.25. The zero-order chi connectivity index (χ0) is 22.7. The molecule has 0 aliphatic heterocycles. The van der Waals surface area contributed by atoms with Crippen molar-refractivity contribution < 1.29 is 29.8 Å². The molecule has 2 aromatic heterocycles. The standard InChI is InChI=1S/C28H22F2N2.Pt/c1-27(2,21-11-9-18(29)16-23(21)30)17-8-10-20-19(15-17)26-22(28(20,3)4)12-13-25(32-26)24-7-5-6-14-31-24;/h5-10,12-14,16H,1-4H3;/q-2;+2. The van der Waals surface area contributed by atoms with E-state index in [1.54, 1.807) is 6.20 Å². The number of rotatable bonds is 3. The van der Waals surface area contributed by atoms with E-state index in [4.69, 9.17) is 4.98 Å². The maximum Gasteiger partial charge on any atom is 2.00 e. The van der Waals surface area contributed by atoms with E-state index < -0.39 is 17.0 Å². The molecule has 4 aromatic rings. The van der Waals surface area contributed by atoms with E-state index in [1.807, 2.05) is 44.2 Å². The number of benzene rings is 2. The monoisotopic (exact) mass is 619 g/mol. The van der Waals surface area contributed by atoms with Crippen LogP contribution in [0.4, 0.5) is 8.78 Å². The fourth-order valence-electron chi connectivity index (χ4n) is 4.58. The number of hydrogen-bond donors (Lipinski definition) is 0. The third-order valence-electron chi connectivity index (χ3n) is 6.51. The molecule has 5 rings (SSSR count). The molecule has 5 heteroatoms. The molecule has 0 saturated carbocycles. The third-order valence-corrected chi connectivity index (χ3v) is 6.51. The molecule has 2 aromatic carbocycles. The summed E-state index contributed by atoms with van der Waals surface area (Å²) in [5.41, 5.74) is 5.76. The van der Waals surface area contributed by atoms with Crippen molar-refractivity contribution >= 4 is 0 Å². The van der Waals surface area contributed by atoms with E-state index in [0.717, 1.165) is 45.4 Å². The van der Waals surface area contributed by atoms with Gasteiger partial charge in [-0.25, -0.2) is 0 Å². The van der Waals surface area contributed by atoms with Crippen LogP contribution in [0.2, 0.25) is 0 Å². The van der Waals surface area contributed by atoms with Gasteiger partial charge in [0.05, 0.1) is 11.4 Å². The average Bonchev–Trinajstić information content (AvgIpc) is 3.00. The van der Waals surface area contributed by atoms with Gasteiger partial charge in [0.25, 0.3) is 0 Å². The van der Waals surface area contributed by atoms with Crippen molar-refractivity contribution in [2.45, 2.75) is 38.5 Å². The van der Waals surface area contributed by atoms with Crippen LogP contribution >= 0.6 is 0 Å². The van der Waals surface area contributed by atoms with Crippen molar-refractivity contribution in [3.63, 3.8) is 0 Å². The van der Waals surface area contributed by atoms with Gasteiger partial charge in [0, 0.05) is 17.8 Å². The van der Waals surface area contributed by atoms with Gasteiger partial charge >= 0.3 is 21.1 Å². The average molecular weight is 620 g/mol. The number of nitrogens with zero attached hydrogens (tertiary/aromatic N) is 2. The number of aromatic nitrogens is 2. The van der Waals surface area contributed by atoms with Crippen LogP contribution < -0.4 is 0 Å². The van der Waals surface area contributed by atoms with Crippen LogP contribution in [0.25, 0.3) is 22.6 Å². The largest absolute Gasteiger partial charge is 2.00 e. The minimum Gasteiger partial charge on any atom is -0.294 e. The van der Waals surface area contributed by atoms with Crippen molar-refractivity contribution in [2.75, 3.05) is 0 Å². The first-order valence-electron chi connectivity index (χ1n) is 10.6. The van der Waals surface area contributed by atoms with Gasteiger partial charge in [-0.15, -0.1) is 52.6 Å². The summed E-state index contributed by atoms with van der Waals surface area (Å²) in [6.45, 7) is 8.14. The van der Waals surface area contributed by atoms with E-state index in [-0.39, 0.29) is 26.5 Å². The van der Waals surface area contributed by atoms with Crippen LogP contribution in [0, 0.1) is 23.8 Å². The second-order valence-corrected chi connectivity index (χ2v) is 9.26. The number of fused-ring (bicyclic) bond motifs is 3. The smallest absolute Gasteiger partial charge is 0.294 e. The summed E-state index contributed by atoms with van der Waals surface area (Å²) < 4.78 is 28.1. The maximum atomic E-state index is 14.6. The Labute approximate surface area is 207 Å². The topological polar surface area (TPSA) is 25.8 Å². The number of pyridine rings is 2. The molecule has 0 N–H and O–H groups in total. The molecule has 168 valence electrons. The van der Waals surface area contributed by atoms with Crippen molar-refractivity contribution in [3.05, 3.63) is 107 Å². The first-order chi connectivity index (χ1) is 15.2. The minimum absolute atomic E-state index is 0. The second-order valence-electron chi connectivity index (χ2n) is 9.26. The molecule has 0 atom stereocenters. The van der Waals surface area contributed by atoms with E-state index in [9.17, 15) is 8.78 Å². The molecule has 0 amide bonds. The zero-order valence-corrected chi connectivity index (χ0v) is 21.0. The van der Waals surface area contributed by atoms with Crippen molar-refractivity contribution in [3.8, 4) is 22.6 Å². The normalized spacial score (nSPS) is 13.8. The molecular weight excluding hydrogens is 597 g/mol.